The van der Waals surface area contributed by atoms with E-state index in [2.05, 4.69) is 10.2 Å². The van der Waals surface area contributed by atoms with E-state index in [1.165, 1.54) is 24.3 Å². The highest BCUT2D eigenvalue weighted by Crippen LogP contribution is 2.26. The second-order valence-corrected chi connectivity index (χ2v) is 8.35. The summed E-state index contributed by atoms with van der Waals surface area (Å²) in [6.45, 7) is 2.96. The molecular formula is C16H23N3O4S. The van der Waals surface area contributed by atoms with Gasteiger partial charge in [0.2, 0.25) is 10.0 Å². The zero-order chi connectivity index (χ0) is 17.3. The molecule has 1 amide bonds. The molecule has 1 N–H and O–H groups in total. The van der Waals surface area contributed by atoms with Crippen LogP contribution in [-0.4, -0.2) is 76.5 Å². The lowest BCUT2D eigenvalue weighted by atomic mass is 10.1. The van der Waals surface area contributed by atoms with E-state index in [1.807, 2.05) is 7.05 Å². The molecule has 132 valence electrons. The van der Waals surface area contributed by atoms with E-state index in [-0.39, 0.29) is 22.8 Å². The standard InChI is InChI=1S/C16H23N3O4S/c1-17-16(20)13-3-5-15(6-4-13)24(21,22)19-8-12-7-18(2)9-14(19)11-23-10-12/h3-6,12,14H,7-11H2,1-2H3,(H,17,20)/t12-,14-/m0/s1. The number of nitrogens with one attached hydrogen (secondary N) is 1. The molecule has 8 heteroatoms. The maximum atomic E-state index is 13.1. The van der Waals surface area contributed by atoms with Crippen molar-refractivity contribution in [3.8, 4) is 0 Å². The van der Waals surface area contributed by atoms with Crippen molar-refractivity contribution >= 4 is 15.9 Å². The van der Waals surface area contributed by atoms with Gasteiger partial charge in [-0.3, -0.25) is 4.79 Å². The Morgan fingerprint density at radius 3 is 2.54 bits per heavy atom. The maximum absolute atomic E-state index is 13.1. The van der Waals surface area contributed by atoms with E-state index in [0.717, 1.165) is 6.54 Å². The maximum Gasteiger partial charge on any atom is 0.251 e. The van der Waals surface area contributed by atoms with Gasteiger partial charge in [0.25, 0.3) is 5.91 Å². The van der Waals surface area contributed by atoms with E-state index >= 15 is 0 Å². The molecule has 0 radical (unpaired) electrons. The number of hydrogen-bond donors (Lipinski definition) is 1. The Bertz CT molecular complexity index is 705. The van der Waals surface area contributed by atoms with Gasteiger partial charge in [0.15, 0.2) is 0 Å². The summed E-state index contributed by atoms with van der Waals surface area (Å²) in [5.74, 6) is -0.0676. The Morgan fingerprint density at radius 2 is 1.88 bits per heavy atom. The third-order valence-corrected chi connectivity index (χ3v) is 6.48. The lowest BCUT2D eigenvalue weighted by Gasteiger charge is -2.29. The van der Waals surface area contributed by atoms with Crippen LogP contribution in [0.4, 0.5) is 0 Å². The van der Waals surface area contributed by atoms with Gasteiger partial charge < -0.3 is 15.0 Å². The summed E-state index contributed by atoms with van der Waals surface area (Å²) < 4.78 is 33.4. The number of nitrogens with zero attached hydrogens (tertiary/aromatic N) is 2. The topological polar surface area (TPSA) is 79.0 Å². The van der Waals surface area contributed by atoms with Crippen molar-refractivity contribution in [3.63, 3.8) is 0 Å². The van der Waals surface area contributed by atoms with Gasteiger partial charge in [0.05, 0.1) is 24.2 Å². The number of rotatable bonds is 3. The number of benzene rings is 1. The molecule has 3 rings (SSSR count). The number of amides is 1. The monoisotopic (exact) mass is 353 g/mol. The zero-order valence-electron chi connectivity index (χ0n) is 13.9. The molecule has 7 nitrogen and oxygen atoms in total. The van der Waals surface area contributed by atoms with Crippen molar-refractivity contribution in [1.29, 1.82) is 0 Å². The number of hydrogen-bond acceptors (Lipinski definition) is 5. The van der Waals surface area contributed by atoms with Gasteiger partial charge in [0.1, 0.15) is 0 Å². The highest BCUT2D eigenvalue weighted by Gasteiger charge is 2.39. The van der Waals surface area contributed by atoms with Crippen LogP contribution in [0.1, 0.15) is 10.4 Å². The van der Waals surface area contributed by atoms with E-state index in [4.69, 9.17) is 4.74 Å². The summed E-state index contributed by atoms with van der Waals surface area (Å²) >= 11 is 0. The van der Waals surface area contributed by atoms with Gasteiger partial charge in [-0.05, 0) is 31.3 Å². The number of ether oxygens (including phenoxy) is 1. The minimum atomic E-state index is -3.62. The number of carbonyl (C=O) groups excluding carboxylic acids is 1. The van der Waals surface area contributed by atoms with E-state index < -0.39 is 10.0 Å². The fraction of sp³-hybridized carbons (Fsp3) is 0.562. The molecule has 0 saturated carbocycles. The number of sulfonamides is 1. The highest BCUT2D eigenvalue weighted by molar-refractivity contribution is 7.89. The molecule has 0 unspecified atom stereocenters. The number of carbonyl (C=O) groups is 1. The van der Waals surface area contributed by atoms with Crippen molar-refractivity contribution < 1.29 is 17.9 Å². The van der Waals surface area contributed by atoms with Crippen LogP contribution in [0.3, 0.4) is 0 Å². The van der Waals surface area contributed by atoms with Crippen LogP contribution < -0.4 is 5.32 Å². The molecule has 2 atom stereocenters. The second-order valence-electron chi connectivity index (χ2n) is 6.46. The lowest BCUT2D eigenvalue weighted by molar-refractivity contribution is 0.0659. The van der Waals surface area contributed by atoms with Gasteiger partial charge >= 0.3 is 0 Å². The molecule has 2 aliphatic rings. The zero-order valence-corrected chi connectivity index (χ0v) is 14.8. The summed E-state index contributed by atoms with van der Waals surface area (Å²) in [7, 11) is -0.0611. The fourth-order valence-electron chi connectivity index (χ4n) is 3.39. The van der Waals surface area contributed by atoms with Crippen molar-refractivity contribution in [2.45, 2.75) is 10.9 Å². The van der Waals surface area contributed by atoms with Crippen LogP contribution in [0, 0.1) is 5.92 Å². The smallest absolute Gasteiger partial charge is 0.251 e. The van der Waals surface area contributed by atoms with Gasteiger partial charge in [-0.2, -0.15) is 4.31 Å². The molecule has 0 aliphatic carbocycles. The molecule has 0 spiro atoms. The van der Waals surface area contributed by atoms with Crippen LogP contribution in [0.5, 0.6) is 0 Å². The van der Waals surface area contributed by atoms with Crippen molar-refractivity contribution in [2.75, 3.05) is 46.9 Å². The molecule has 0 aromatic heterocycles. The largest absolute Gasteiger partial charge is 0.379 e. The Balaban J connectivity index is 1.90. The first-order valence-electron chi connectivity index (χ1n) is 8.02. The van der Waals surface area contributed by atoms with Crippen molar-refractivity contribution in [1.82, 2.24) is 14.5 Å². The van der Waals surface area contributed by atoms with Crippen LogP contribution in [0.15, 0.2) is 29.2 Å². The van der Waals surface area contributed by atoms with Crippen LogP contribution in [-0.2, 0) is 14.8 Å². The van der Waals surface area contributed by atoms with Crippen LogP contribution >= 0.6 is 0 Å². The third-order valence-electron chi connectivity index (χ3n) is 4.55. The predicted octanol–water partition coefficient (Wildman–Crippen LogP) is -0.00270. The molecule has 2 saturated heterocycles. The molecule has 2 fully saturated rings. The first kappa shape index (κ1) is 17.3. The molecular weight excluding hydrogens is 330 g/mol. The van der Waals surface area contributed by atoms with Gasteiger partial charge in [0, 0.05) is 38.2 Å². The summed E-state index contributed by atoms with van der Waals surface area (Å²) in [5, 5.41) is 2.53. The lowest BCUT2D eigenvalue weighted by Crippen LogP contribution is -2.45. The summed E-state index contributed by atoms with van der Waals surface area (Å²) in [6, 6.07) is 5.89. The SMILES string of the molecule is CNC(=O)c1ccc(S(=O)(=O)N2C[C@H]3COC[C@@H]2CN(C)C3)cc1. The summed E-state index contributed by atoms with van der Waals surface area (Å²) in [4.78, 5) is 14.0. The number of likely N-dealkylation sites (N-methyl/N-ethyl adjacent to an activating group) is 1. The predicted molar refractivity (Wildman–Crippen MR) is 89.3 cm³/mol. The van der Waals surface area contributed by atoms with Gasteiger partial charge in [-0.25, -0.2) is 8.42 Å². The molecule has 2 aliphatic heterocycles. The van der Waals surface area contributed by atoms with Crippen molar-refractivity contribution in [3.05, 3.63) is 29.8 Å². The first-order chi connectivity index (χ1) is 11.4. The first-order valence-corrected chi connectivity index (χ1v) is 9.46. The second kappa shape index (κ2) is 6.79. The highest BCUT2D eigenvalue weighted by atomic mass is 32.2. The number of fused-ring (bicyclic) bond motifs is 3. The minimum Gasteiger partial charge on any atom is -0.379 e. The molecule has 24 heavy (non-hydrogen) atoms. The summed E-state index contributed by atoms with van der Waals surface area (Å²) in [6.07, 6.45) is 0. The Kier molecular flexibility index (Phi) is 4.91. The minimum absolute atomic E-state index is 0.169. The van der Waals surface area contributed by atoms with Crippen LogP contribution in [0.2, 0.25) is 0 Å². The fourth-order valence-corrected chi connectivity index (χ4v) is 5.07. The van der Waals surface area contributed by atoms with E-state index in [0.29, 0.717) is 31.9 Å². The Labute approximate surface area is 142 Å². The third kappa shape index (κ3) is 3.32. The van der Waals surface area contributed by atoms with Crippen LogP contribution in [0.25, 0.3) is 0 Å². The van der Waals surface area contributed by atoms with E-state index in [9.17, 15) is 13.2 Å². The Hall–Kier alpha value is -1.48. The quantitative estimate of drug-likeness (QED) is 0.827. The normalized spacial score (nSPS) is 25.9. The van der Waals surface area contributed by atoms with Gasteiger partial charge in [-0.15, -0.1) is 0 Å². The molecule has 2 bridgehead atoms. The molecule has 2 heterocycles. The molecule has 1 aromatic carbocycles. The average molecular weight is 353 g/mol. The average Bonchev–Trinajstić information content (AvgIpc) is 2.85. The summed E-state index contributed by atoms with van der Waals surface area (Å²) in [5.41, 5.74) is 0.439. The van der Waals surface area contributed by atoms with Crippen molar-refractivity contribution in [2.24, 2.45) is 5.92 Å². The Morgan fingerprint density at radius 1 is 1.17 bits per heavy atom. The molecule has 1 aromatic rings. The van der Waals surface area contributed by atoms with E-state index in [1.54, 1.807) is 11.4 Å². The van der Waals surface area contributed by atoms with Gasteiger partial charge in [-0.1, -0.05) is 0 Å².